The van der Waals surface area contributed by atoms with Crippen LogP contribution in [-0.2, 0) is 13.0 Å². The number of aromatic nitrogens is 1. The average Bonchev–Trinajstić information content (AvgIpc) is 3.16. The third kappa shape index (κ3) is 3.67. The monoisotopic (exact) mass is 283 g/mol. The first-order valence-corrected chi connectivity index (χ1v) is 7.55. The lowest BCUT2D eigenvalue weighted by Crippen LogP contribution is -2.53. The first-order valence-electron chi connectivity index (χ1n) is 6.67. The number of rotatable bonds is 6. The molecule has 2 rings (SSSR count). The number of aliphatic hydroxyl groups is 1. The summed E-state index contributed by atoms with van der Waals surface area (Å²) in [7, 11) is 0. The topological polar surface area (TPSA) is 74.2 Å². The lowest BCUT2D eigenvalue weighted by molar-refractivity contribution is 0.155. The van der Waals surface area contributed by atoms with Crippen LogP contribution in [-0.4, -0.2) is 28.3 Å². The highest BCUT2D eigenvalue weighted by molar-refractivity contribution is 7.09. The number of amides is 2. The van der Waals surface area contributed by atoms with E-state index in [0.29, 0.717) is 12.5 Å². The lowest BCUT2D eigenvalue weighted by Gasteiger charge is -2.28. The molecule has 0 bridgehead atoms. The fourth-order valence-electron chi connectivity index (χ4n) is 2.06. The maximum Gasteiger partial charge on any atom is 0.315 e. The Bertz CT molecular complexity index is 445. The molecule has 1 saturated carbocycles. The van der Waals surface area contributed by atoms with Crippen molar-refractivity contribution in [1.82, 2.24) is 15.6 Å². The summed E-state index contributed by atoms with van der Waals surface area (Å²) in [5.41, 5.74) is 0.384. The molecule has 1 unspecified atom stereocenters. The molecule has 0 spiro atoms. The number of hydrogen-bond donors (Lipinski definition) is 3. The number of aryl methyl sites for hydroxylation is 1. The van der Waals surface area contributed by atoms with Gasteiger partial charge in [-0.15, -0.1) is 11.3 Å². The van der Waals surface area contributed by atoms with Crippen LogP contribution < -0.4 is 10.6 Å². The molecule has 5 nitrogen and oxygen atoms in total. The van der Waals surface area contributed by atoms with Crippen molar-refractivity contribution in [1.29, 1.82) is 0 Å². The van der Waals surface area contributed by atoms with Gasteiger partial charge in [-0.2, -0.15) is 0 Å². The minimum atomic E-state index is -0.499. The van der Waals surface area contributed by atoms with E-state index in [1.807, 2.05) is 12.3 Å². The van der Waals surface area contributed by atoms with Crippen molar-refractivity contribution in [3.8, 4) is 0 Å². The SMILES string of the molecule is CCc1nc(CNC(=O)NC(C)(CO)C2CC2)cs1. The Labute approximate surface area is 117 Å². The third-order valence-electron chi connectivity index (χ3n) is 3.54. The molecule has 1 aliphatic rings. The minimum absolute atomic E-state index is 0.0260. The number of carbonyl (C=O) groups is 1. The molecule has 106 valence electrons. The number of aliphatic hydroxyl groups excluding tert-OH is 1. The quantitative estimate of drug-likeness (QED) is 0.743. The van der Waals surface area contributed by atoms with E-state index in [2.05, 4.69) is 22.5 Å². The summed E-state index contributed by atoms with van der Waals surface area (Å²) in [6, 6.07) is -0.241. The Balaban J connectivity index is 1.80. The molecular formula is C13H21N3O2S. The Morgan fingerprint density at radius 2 is 2.37 bits per heavy atom. The lowest BCUT2D eigenvalue weighted by atomic mass is 9.97. The molecule has 1 aromatic heterocycles. The van der Waals surface area contributed by atoms with Crippen LogP contribution in [0.25, 0.3) is 0 Å². The maximum absolute atomic E-state index is 11.8. The summed E-state index contributed by atoms with van der Waals surface area (Å²) in [6.45, 7) is 4.35. The van der Waals surface area contributed by atoms with Gasteiger partial charge in [-0.25, -0.2) is 9.78 Å². The Kier molecular flexibility index (Phi) is 4.42. The van der Waals surface area contributed by atoms with Gasteiger partial charge in [0.2, 0.25) is 0 Å². The average molecular weight is 283 g/mol. The molecule has 1 aliphatic carbocycles. The van der Waals surface area contributed by atoms with Gasteiger partial charge in [0.15, 0.2) is 0 Å². The number of carbonyl (C=O) groups excluding carboxylic acids is 1. The number of hydrogen-bond acceptors (Lipinski definition) is 4. The number of thiazole rings is 1. The molecule has 19 heavy (non-hydrogen) atoms. The molecule has 1 heterocycles. The van der Waals surface area contributed by atoms with Gasteiger partial charge < -0.3 is 15.7 Å². The summed E-state index contributed by atoms with van der Waals surface area (Å²) in [5.74, 6) is 0.397. The zero-order valence-electron chi connectivity index (χ0n) is 11.4. The smallest absolute Gasteiger partial charge is 0.315 e. The second-order valence-corrected chi connectivity index (χ2v) is 6.19. The Morgan fingerprint density at radius 3 is 2.89 bits per heavy atom. The van der Waals surface area contributed by atoms with Crippen molar-refractivity contribution in [3.63, 3.8) is 0 Å². The second-order valence-electron chi connectivity index (χ2n) is 5.24. The molecule has 1 aromatic rings. The highest BCUT2D eigenvalue weighted by Crippen LogP contribution is 2.39. The van der Waals surface area contributed by atoms with E-state index in [1.54, 1.807) is 11.3 Å². The Hall–Kier alpha value is -1.14. The van der Waals surface area contributed by atoms with Crippen molar-refractivity contribution >= 4 is 17.4 Å². The number of nitrogens with one attached hydrogen (secondary N) is 2. The molecule has 1 fully saturated rings. The predicted molar refractivity (Wildman–Crippen MR) is 75.1 cm³/mol. The van der Waals surface area contributed by atoms with Crippen LogP contribution in [0.15, 0.2) is 5.38 Å². The van der Waals surface area contributed by atoms with E-state index in [9.17, 15) is 9.90 Å². The van der Waals surface area contributed by atoms with Gasteiger partial charge in [0, 0.05) is 5.38 Å². The zero-order chi connectivity index (χ0) is 13.9. The zero-order valence-corrected chi connectivity index (χ0v) is 12.2. The maximum atomic E-state index is 11.8. The van der Waals surface area contributed by atoms with E-state index in [1.165, 1.54) is 0 Å². The van der Waals surface area contributed by atoms with Gasteiger partial charge >= 0.3 is 6.03 Å². The normalized spacial score (nSPS) is 17.8. The van der Waals surface area contributed by atoms with E-state index in [4.69, 9.17) is 0 Å². The van der Waals surface area contributed by atoms with E-state index in [0.717, 1.165) is 30.0 Å². The summed E-state index contributed by atoms with van der Waals surface area (Å²) in [6.07, 6.45) is 3.06. The van der Waals surface area contributed by atoms with Crippen LogP contribution in [0.1, 0.15) is 37.4 Å². The first kappa shape index (κ1) is 14.3. The van der Waals surface area contributed by atoms with Gasteiger partial charge in [0.05, 0.1) is 29.4 Å². The van der Waals surface area contributed by atoms with Crippen LogP contribution >= 0.6 is 11.3 Å². The van der Waals surface area contributed by atoms with Crippen molar-refractivity contribution < 1.29 is 9.90 Å². The number of urea groups is 1. The molecule has 0 radical (unpaired) electrons. The molecular weight excluding hydrogens is 262 g/mol. The van der Waals surface area contributed by atoms with Gasteiger partial charge in [-0.3, -0.25) is 0 Å². The van der Waals surface area contributed by atoms with E-state index in [-0.39, 0.29) is 12.6 Å². The summed E-state index contributed by atoms with van der Waals surface area (Å²) in [5, 5.41) is 18.1. The summed E-state index contributed by atoms with van der Waals surface area (Å²) < 4.78 is 0. The van der Waals surface area contributed by atoms with Crippen molar-refractivity contribution in [2.75, 3.05) is 6.61 Å². The predicted octanol–water partition coefficient (Wildman–Crippen LogP) is 1.67. The Morgan fingerprint density at radius 1 is 1.63 bits per heavy atom. The van der Waals surface area contributed by atoms with Crippen LogP contribution in [0.2, 0.25) is 0 Å². The summed E-state index contributed by atoms with van der Waals surface area (Å²) >= 11 is 1.61. The molecule has 3 N–H and O–H groups in total. The standard InChI is InChI=1S/C13H21N3O2S/c1-3-11-15-10(7-19-11)6-14-12(18)16-13(2,8-17)9-4-5-9/h7,9,17H,3-6,8H2,1-2H3,(H2,14,16,18). The van der Waals surface area contributed by atoms with E-state index >= 15 is 0 Å². The van der Waals surface area contributed by atoms with Crippen LogP contribution in [0, 0.1) is 5.92 Å². The van der Waals surface area contributed by atoms with Gasteiger partial charge in [0.1, 0.15) is 0 Å². The fourth-order valence-corrected chi connectivity index (χ4v) is 2.80. The van der Waals surface area contributed by atoms with Gasteiger partial charge in [-0.05, 0) is 32.1 Å². The second kappa shape index (κ2) is 5.88. The third-order valence-corrected chi connectivity index (χ3v) is 4.58. The van der Waals surface area contributed by atoms with Crippen LogP contribution in [0.3, 0.4) is 0 Å². The highest BCUT2D eigenvalue weighted by Gasteiger charge is 2.42. The minimum Gasteiger partial charge on any atom is -0.394 e. The largest absolute Gasteiger partial charge is 0.394 e. The summed E-state index contributed by atoms with van der Waals surface area (Å²) in [4.78, 5) is 16.2. The van der Waals surface area contributed by atoms with Gasteiger partial charge in [-0.1, -0.05) is 6.92 Å². The molecule has 2 amide bonds. The molecule has 1 atom stereocenters. The van der Waals surface area contributed by atoms with Crippen molar-refractivity contribution in [2.24, 2.45) is 5.92 Å². The van der Waals surface area contributed by atoms with Crippen LogP contribution in [0.4, 0.5) is 4.79 Å². The van der Waals surface area contributed by atoms with Crippen molar-refractivity contribution in [3.05, 3.63) is 16.1 Å². The highest BCUT2D eigenvalue weighted by atomic mass is 32.1. The molecule has 6 heteroatoms. The van der Waals surface area contributed by atoms with Crippen LogP contribution in [0.5, 0.6) is 0 Å². The van der Waals surface area contributed by atoms with Gasteiger partial charge in [0.25, 0.3) is 0 Å². The number of nitrogens with zero attached hydrogens (tertiary/aromatic N) is 1. The van der Waals surface area contributed by atoms with E-state index < -0.39 is 5.54 Å². The molecule has 0 aromatic carbocycles. The molecule has 0 aliphatic heterocycles. The fraction of sp³-hybridized carbons (Fsp3) is 0.692. The first-order chi connectivity index (χ1) is 9.07. The van der Waals surface area contributed by atoms with Crippen molar-refractivity contribution in [2.45, 2.75) is 45.2 Å². The molecule has 0 saturated heterocycles.